The van der Waals surface area contributed by atoms with Crippen LogP contribution in [0.1, 0.15) is 35.9 Å². The third-order valence-electron chi connectivity index (χ3n) is 3.65. The maximum atomic E-state index is 12.3. The first-order valence-corrected chi connectivity index (χ1v) is 8.32. The van der Waals surface area contributed by atoms with E-state index in [4.69, 9.17) is 16.0 Å². The quantitative estimate of drug-likeness (QED) is 0.743. The Morgan fingerprint density at radius 1 is 1.21 bits per heavy atom. The highest BCUT2D eigenvalue weighted by molar-refractivity contribution is 6.31. The lowest BCUT2D eigenvalue weighted by Crippen LogP contribution is -2.31. The molecule has 0 radical (unpaired) electrons. The van der Waals surface area contributed by atoms with Gasteiger partial charge in [-0.15, -0.1) is 0 Å². The van der Waals surface area contributed by atoms with Crippen molar-refractivity contribution in [3.05, 3.63) is 59.0 Å². The molecule has 0 atom stereocenters. The van der Waals surface area contributed by atoms with Crippen molar-refractivity contribution in [2.75, 3.05) is 13.1 Å². The molecule has 1 aromatic heterocycles. The fourth-order valence-corrected chi connectivity index (χ4v) is 2.50. The van der Waals surface area contributed by atoms with Gasteiger partial charge in [-0.3, -0.25) is 9.59 Å². The fourth-order valence-electron chi connectivity index (χ4n) is 2.30. The van der Waals surface area contributed by atoms with Crippen LogP contribution in [0, 0.1) is 0 Å². The van der Waals surface area contributed by atoms with Crippen molar-refractivity contribution in [1.82, 2.24) is 10.2 Å². The van der Waals surface area contributed by atoms with Gasteiger partial charge in [0.15, 0.2) is 5.76 Å². The molecular weight excluding hydrogens is 328 g/mol. The van der Waals surface area contributed by atoms with Gasteiger partial charge in [0.25, 0.3) is 5.91 Å². The summed E-state index contributed by atoms with van der Waals surface area (Å²) in [5.74, 6) is 0.0516. The van der Waals surface area contributed by atoms with Crippen molar-refractivity contribution < 1.29 is 14.0 Å². The molecule has 1 heterocycles. The van der Waals surface area contributed by atoms with Crippen molar-refractivity contribution in [1.29, 1.82) is 0 Å². The lowest BCUT2D eigenvalue weighted by molar-refractivity contribution is -0.131. The van der Waals surface area contributed by atoms with Gasteiger partial charge in [-0.2, -0.15) is 0 Å². The van der Waals surface area contributed by atoms with Gasteiger partial charge >= 0.3 is 0 Å². The normalized spacial score (nSPS) is 10.4. The fraction of sp³-hybridized carbons (Fsp3) is 0.333. The minimum absolute atomic E-state index is 0.0460. The van der Waals surface area contributed by atoms with Crippen LogP contribution in [0.2, 0.25) is 5.02 Å². The number of hydrogen-bond donors (Lipinski definition) is 1. The molecule has 128 valence electrons. The van der Waals surface area contributed by atoms with Crippen LogP contribution in [0.25, 0.3) is 0 Å². The summed E-state index contributed by atoms with van der Waals surface area (Å²) in [6.45, 7) is 3.47. The number of hydrogen-bond acceptors (Lipinski definition) is 3. The molecule has 2 amide bonds. The molecule has 0 fully saturated rings. The third-order valence-corrected chi connectivity index (χ3v) is 4.02. The Hall–Kier alpha value is -2.27. The molecule has 1 aromatic carbocycles. The van der Waals surface area contributed by atoms with E-state index in [0.29, 0.717) is 37.5 Å². The first-order valence-electron chi connectivity index (χ1n) is 7.94. The second-order valence-corrected chi connectivity index (χ2v) is 5.74. The highest BCUT2D eigenvalue weighted by atomic mass is 35.5. The van der Waals surface area contributed by atoms with Crippen molar-refractivity contribution in [2.24, 2.45) is 0 Å². The Kier molecular flexibility index (Phi) is 6.88. The van der Waals surface area contributed by atoms with Gasteiger partial charge in [-0.1, -0.05) is 29.8 Å². The summed E-state index contributed by atoms with van der Waals surface area (Å²) in [5, 5.41) is 3.39. The summed E-state index contributed by atoms with van der Waals surface area (Å²) in [6.07, 6.45) is 2.40. The van der Waals surface area contributed by atoms with E-state index in [1.807, 2.05) is 31.2 Å². The summed E-state index contributed by atoms with van der Waals surface area (Å²) in [7, 11) is 0. The summed E-state index contributed by atoms with van der Waals surface area (Å²) in [6, 6.07) is 10.8. The maximum absolute atomic E-state index is 12.3. The van der Waals surface area contributed by atoms with Gasteiger partial charge in [0.05, 0.1) is 6.26 Å². The second kappa shape index (κ2) is 9.13. The summed E-state index contributed by atoms with van der Waals surface area (Å²) in [5.41, 5.74) is 0.931. The Bertz CT molecular complexity index is 671. The monoisotopic (exact) mass is 348 g/mol. The third kappa shape index (κ3) is 5.13. The van der Waals surface area contributed by atoms with Crippen molar-refractivity contribution >= 4 is 23.4 Å². The van der Waals surface area contributed by atoms with E-state index in [-0.39, 0.29) is 17.6 Å². The molecule has 5 nitrogen and oxygen atoms in total. The molecule has 0 saturated heterocycles. The maximum Gasteiger partial charge on any atom is 0.286 e. The minimum Gasteiger partial charge on any atom is -0.459 e. The van der Waals surface area contributed by atoms with Crippen molar-refractivity contribution in [3.8, 4) is 0 Å². The molecule has 2 aromatic rings. The SMILES string of the molecule is CCN(Cc1ccccc1Cl)C(=O)CCCNC(=O)c1ccco1. The standard InChI is InChI=1S/C18H21ClN2O3/c1-2-21(13-14-7-3-4-8-15(14)19)17(22)10-5-11-20-18(23)16-9-6-12-24-16/h3-4,6-9,12H,2,5,10-11,13H2,1H3,(H,20,23). The Morgan fingerprint density at radius 3 is 2.67 bits per heavy atom. The van der Waals surface area contributed by atoms with E-state index in [1.165, 1.54) is 6.26 Å². The number of nitrogens with one attached hydrogen (secondary N) is 1. The summed E-state index contributed by atoms with van der Waals surface area (Å²) < 4.78 is 5.01. The zero-order valence-corrected chi connectivity index (χ0v) is 14.4. The van der Waals surface area contributed by atoms with Crippen molar-refractivity contribution in [3.63, 3.8) is 0 Å². The molecule has 0 saturated carbocycles. The van der Waals surface area contributed by atoms with Crippen LogP contribution in [0.3, 0.4) is 0 Å². The number of carbonyl (C=O) groups is 2. The number of halogens is 1. The average Bonchev–Trinajstić information content (AvgIpc) is 3.12. The molecule has 6 heteroatoms. The topological polar surface area (TPSA) is 62.6 Å². The largest absolute Gasteiger partial charge is 0.459 e. The lowest BCUT2D eigenvalue weighted by Gasteiger charge is -2.21. The Labute approximate surface area is 146 Å². The molecular formula is C18H21ClN2O3. The van der Waals surface area contributed by atoms with Crippen LogP contribution in [0.15, 0.2) is 47.1 Å². The molecule has 0 aliphatic carbocycles. The molecule has 0 aliphatic heterocycles. The Balaban J connectivity index is 1.76. The molecule has 1 N–H and O–H groups in total. The number of carbonyl (C=O) groups excluding carboxylic acids is 2. The van der Waals surface area contributed by atoms with Crippen LogP contribution < -0.4 is 5.32 Å². The van der Waals surface area contributed by atoms with E-state index in [0.717, 1.165) is 5.56 Å². The predicted molar refractivity (Wildman–Crippen MR) is 92.8 cm³/mol. The highest BCUT2D eigenvalue weighted by Gasteiger charge is 2.14. The molecule has 24 heavy (non-hydrogen) atoms. The number of furan rings is 1. The first-order chi connectivity index (χ1) is 11.6. The molecule has 0 spiro atoms. The number of rotatable bonds is 8. The van der Waals surface area contributed by atoms with E-state index in [9.17, 15) is 9.59 Å². The van der Waals surface area contributed by atoms with Crippen LogP contribution >= 0.6 is 11.6 Å². The van der Waals surface area contributed by atoms with Gasteiger partial charge in [0, 0.05) is 31.1 Å². The summed E-state index contributed by atoms with van der Waals surface area (Å²) in [4.78, 5) is 25.8. The van der Waals surface area contributed by atoms with E-state index in [2.05, 4.69) is 5.32 Å². The smallest absolute Gasteiger partial charge is 0.286 e. The predicted octanol–water partition coefficient (Wildman–Crippen LogP) is 3.49. The van der Waals surface area contributed by atoms with Gasteiger partial charge in [0.2, 0.25) is 5.91 Å². The Morgan fingerprint density at radius 2 is 2.00 bits per heavy atom. The van der Waals surface area contributed by atoms with Crippen LogP contribution in [-0.2, 0) is 11.3 Å². The second-order valence-electron chi connectivity index (χ2n) is 5.34. The summed E-state index contributed by atoms with van der Waals surface area (Å²) >= 11 is 6.15. The highest BCUT2D eigenvalue weighted by Crippen LogP contribution is 2.17. The minimum atomic E-state index is -0.268. The number of nitrogens with zero attached hydrogens (tertiary/aromatic N) is 1. The van der Waals surface area contributed by atoms with E-state index in [1.54, 1.807) is 17.0 Å². The molecule has 0 aliphatic rings. The van der Waals surface area contributed by atoms with Crippen LogP contribution in [0.5, 0.6) is 0 Å². The zero-order valence-electron chi connectivity index (χ0n) is 13.6. The van der Waals surface area contributed by atoms with Crippen LogP contribution in [-0.4, -0.2) is 29.8 Å². The van der Waals surface area contributed by atoms with Gasteiger partial charge < -0.3 is 14.6 Å². The number of amides is 2. The average molecular weight is 349 g/mol. The molecule has 0 bridgehead atoms. The van der Waals surface area contributed by atoms with Gasteiger partial charge in [-0.05, 0) is 37.1 Å². The lowest BCUT2D eigenvalue weighted by atomic mass is 10.2. The molecule has 0 unspecified atom stereocenters. The van der Waals surface area contributed by atoms with E-state index < -0.39 is 0 Å². The number of benzene rings is 1. The van der Waals surface area contributed by atoms with Gasteiger partial charge in [0.1, 0.15) is 0 Å². The first kappa shape index (κ1) is 18.1. The van der Waals surface area contributed by atoms with Crippen LogP contribution in [0.4, 0.5) is 0 Å². The van der Waals surface area contributed by atoms with Gasteiger partial charge in [-0.25, -0.2) is 0 Å². The van der Waals surface area contributed by atoms with E-state index >= 15 is 0 Å². The molecule has 2 rings (SSSR count). The van der Waals surface area contributed by atoms with Crippen molar-refractivity contribution in [2.45, 2.75) is 26.3 Å². The zero-order chi connectivity index (χ0) is 17.4.